The van der Waals surface area contributed by atoms with Gasteiger partial charge in [-0.25, -0.2) is 0 Å². The van der Waals surface area contributed by atoms with Crippen LogP contribution in [0, 0.1) is 0 Å². The maximum Gasteiger partial charge on any atom is 0.0571 e. The third-order valence-electron chi connectivity index (χ3n) is 2.61. The fraction of sp³-hybridized carbons (Fsp3) is 0.545. The molecule has 2 rings (SSSR count). The first kappa shape index (κ1) is 11.4. The van der Waals surface area contributed by atoms with Crippen molar-refractivity contribution in [2.75, 3.05) is 11.5 Å². The maximum absolute atomic E-state index is 4.40. The van der Waals surface area contributed by atoms with Crippen LogP contribution < -0.4 is 5.32 Å². The van der Waals surface area contributed by atoms with Gasteiger partial charge in [-0.2, -0.15) is 11.8 Å². The van der Waals surface area contributed by atoms with Gasteiger partial charge in [-0.1, -0.05) is 0 Å². The minimum Gasteiger partial charge on any atom is -0.305 e. The van der Waals surface area contributed by atoms with Gasteiger partial charge in [0.05, 0.1) is 5.69 Å². The van der Waals surface area contributed by atoms with E-state index in [1.54, 1.807) is 0 Å². The first-order valence-corrected chi connectivity index (χ1v) is 7.16. The Hall–Kier alpha value is -0.0600. The quantitative estimate of drug-likeness (QED) is 0.925. The van der Waals surface area contributed by atoms with E-state index in [1.807, 2.05) is 24.0 Å². The summed E-state index contributed by atoms with van der Waals surface area (Å²) in [5.41, 5.74) is 1.12. The number of halogens is 1. The second-order valence-corrected chi connectivity index (χ2v) is 5.92. The fourth-order valence-corrected chi connectivity index (χ4v) is 3.15. The van der Waals surface area contributed by atoms with Crippen LogP contribution >= 0.6 is 27.7 Å². The van der Waals surface area contributed by atoms with Gasteiger partial charge in [0.25, 0.3) is 0 Å². The normalized spacial score (nSPS) is 22.9. The van der Waals surface area contributed by atoms with Crippen molar-refractivity contribution in [3.63, 3.8) is 0 Å². The van der Waals surface area contributed by atoms with E-state index >= 15 is 0 Å². The molecular formula is C11H15BrN2S. The van der Waals surface area contributed by atoms with Gasteiger partial charge in [0, 0.05) is 28.5 Å². The van der Waals surface area contributed by atoms with Crippen LogP contribution in [0.15, 0.2) is 22.8 Å². The molecule has 0 spiro atoms. The van der Waals surface area contributed by atoms with Gasteiger partial charge in [0.15, 0.2) is 0 Å². The molecule has 1 aromatic heterocycles. The minimum absolute atomic E-state index is 0.349. The molecule has 0 amide bonds. The van der Waals surface area contributed by atoms with Crippen molar-refractivity contribution in [3.8, 4) is 0 Å². The highest BCUT2D eigenvalue weighted by Gasteiger charge is 2.18. The highest BCUT2D eigenvalue weighted by Crippen LogP contribution is 2.20. The molecule has 0 radical (unpaired) electrons. The molecule has 1 N–H and O–H groups in total. The molecule has 1 aliphatic heterocycles. The van der Waals surface area contributed by atoms with Crippen molar-refractivity contribution in [2.45, 2.75) is 25.4 Å². The van der Waals surface area contributed by atoms with Crippen LogP contribution in [-0.2, 0) is 0 Å². The van der Waals surface area contributed by atoms with E-state index in [4.69, 9.17) is 0 Å². The summed E-state index contributed by atoms with van der Waals surface area (Å²) in [5, 5.41) is 3.62. The molecule has 1 saturated heterocycles. The summed E-state index contributed by atoms with van der Waals surface area (Å²) >= 11 is 5.43. The molecule has 82 valence electrons. The Kier molecular flexibility index (Phi) is 4.05. The Balaban J connectivity index is 1.94. The van der Waals surface area contributed by atoms with Crippen LogP contribution in [0.1, 0.15) is 25.1 Å². The smallest absolute Gasteiger partial charge is 0.0571 e. The number of nitrogens with one attached hydrogen (secondary N) is 1. The van der Waals surface area contributed by atoms with Crippen LogP contribution in [0.2, 0.25) is 0 Å². The van der Waals surface area contributed by atoms with E-state index < -0.39 is 0 Å². The van der Waals surface area contributed by atoms with Gasteiger partial charge in [-0.3, -0.25) is 4.98 Å². The SMILES string of the molecule is C[C@H](N[C@@H]1CCSC1)c1ccc(Br)cn1. The van der Waals surface area contributed by atoms with Crippen LogP contribution in [0.3, 0.4) is 0 Å². The molecule has 15 heavy (non-hydrogen) atoms. The number of rotatable bonds is 3. The largest absolute Gasteiger partial charge is 0.305 e. The van der Waals surface area contributed by atoms with Gasteiger partial charge in [0.2, 0.25) is 0 Å². The molecule has 1 fully saturated rings. The van der Waals surface area contributed by atoms with Crippen molar-refractivity contribution >= 4 is 27.7 Å². The lowest BCUT2D eigenvalue weighted by Crippen LogP contribution is -2.31. The molecule has 0 aliphatic carbocycles. The molecule has 1 aromatic rings. The second-order valence-electron chi connectivity index (χ2n) is 3.85. The number of hydrogen-bond acceptors (Lipinski definition) is 3. The summed E-state index contributed by atoms with van der Waals surface area (Å²) < 4.78 is 1.04. The van der Waals surface area contributed by atoms with Gasteiger partial charge in [-0.15, -0.1) is 0 Å². The van der Waals surface area contributed by atoms with Crippen molar-refractivity contribution in [3.05, 3.63) is 28.5 Å². The first-order valence-electron chi connectivity index (χ1n) is 5.21. The highest BCUT2D eigenvalue weighted by atomic mass is 79.9. The number of hydrogen-bond donors (Lipinski definition) is 1. The molecular weight excluding hydrogens is 272 g/mol. The molecule has 0 unspecified atom stereocenters. The summed E-state index contributed by atoms with van der Waals surface area (Å²) in [6.07, 6.45) is 3.14. The van der Waals surface area contributed by atoms with Crippen LogP contribution in [0.25, 0.3) is 0 Å². The average Bonchev–Trinajstić information content (AvgIpc) is 2.71. The minimum atomic E-state index is 0.349. The Morgan fingerprint density at radius 1 is 1.60 bits per heavy atom. The average molecular weight is 287 g/mol. The monoisotopic (exact) mass is 286 g/mol. The number of thioether (sulfide) groups is 1. The van der Waals surface area contributed by atoms with Crippen molar-refractivity contribution in [2.24, 2.45) is 0 Å². The zero-order valence-corrected chi connectivity index (χ0v) is 11.1. The molecule has 2 heterocycles. The van der Waals surface area contributed by atoms with Gasteiger partial charge in [-0.05, 0) is 47.2 Å². The topological polar surface area (TPSA) is 24.9 Å². The van der Waals surface area contributed by atoms with E-state index in [0.29, 0.717) is 12.1 Å². The second kappa shape index (κ2) is 5.32. The number of nitrogens with zero attached hydrogens (tertiary/aromatic N) is 1. The van der Waals surface area contributed by atoms with Gasteiger partial charge < -0.3 is 5.32 Å². The Morgan fingerprint density at radius 2 is 2.47 bits per heavy atom. The third-order valence-corrected chi connectivity index (χ3v) is 4.24. The van der Waals surface area contributed by atoms with E-state index in [9.17, 15) is 0 Å². The molecule has 2 atom stereocenters. The predicted molar refractivity (Wildman–Crippen MR) is 69.2 cm³/mol. The summed E-state index contributed by atoms with van der Waals surface area (Å²) in [7, 11) is 0. The Morgan fingerprint density at radius 3 is 3.07 bits per heavy atom. The van der Waals surface area contributed by atoms with Gasteiger partial charge >= 0.3 is 0 Å². The highest BCUT2D eigenvalue weighted by molar-refractivity contribution is 9.10. The summed E-state index contributed by atoms with van der Waals surface area (Å²) in [6.45, 7) is 2.18. The molecule has 1 aliphatic rings. The summed E-state index contributed by atoms with van der Waals surface area (Å²) in [4.78, 5) is 4.40. The summed E-state index contributed by atoms with van der Waals surface area (Å²) in [5.74, 6) is 2.53. The van der Waals surface area contributed by atoms with Crippen LogP contribution in [0.5, 0.6) is 0 Å². The summed E-state index contributed by atoms with van der Waals surface area (Å²) in [6, 6.07) is 5.13. The van der Waals surface area contributed by atoms with Crippen LogP contribution in [-0.4, -0.2) is 22.5 Å². The van der Waals surface area contributed by atoms with Crippen molar-refractivity contribution in [1.82, 2.24) is 10.3 Å². The van der Waals surface area contributed by atoms with Crippen molar-refractivity contribution in [1.29, 1.82) is 0 Å². The Bertz CT molecular complexity index is 309. The molecule has 0 bridgehead atoms. The lowest BCUT2D eigenvalue weighted by atomic mass is 10.1. The zero-order chi connectivity index (χ0) is 10.7. The lowest BCUT2D eigenvalue weighted by molar-refractivity contribution is 0.478. The molecule has 0 saturated carbocycles. The first-order chi connectivity index (χ1) is 7.25. The van der Waals surface area contributed by atoms with E-state index in [0.717, 1.165) is 10.2 Å². The van der Waals surface area contributed by atoms with Crippen molar-refractivity contribution < 1.29 is 0 Å². The number of pyridine rings is 1. The third kappa shape index (κ3) is 3.20. The standard InChI is InChI=1S/C11H15BrN2S/c1-8(14-10-4-5-15-7-10)11-3-2-9(12)6-13-11/h2-3,6,8,10,14H,4-5,7H2,1H3/t8-,10+/m0/s1. The predicted octanol–water partition coefficient (Wildman–Crippen LogP) is 3.00. The zero-order valence-electron chi connectivity index (χ0n) is 8.74. The van der Waals surface area contributed by atoms with E-state index in [-0.39, 0.29) is 0 Å². The Labute approximate surface area is 103 Å². The molecule has 0 aromatic carbocycles. The fourth-order valence-electron chi connectivity index (χ4n) is 1.75. The van der Waals surface area contributed by atoms with Gasteiger partial charge in [0.1, 0.15) is 0 Å². The number of aromatic nitrogens is 1. The maximum atomic E-state index is 4.40. The molecule has 2 nitrogen and oxygen atoms in total. The molecule has 4 heteroatoms. The van der Waals surface area contributed by atoms with E-state index in [1.165, 1.54) is 17.9 Å². The van der Waals surface area contributed by atoms with Crippen LogP contribution in [0.4, 0.5) is 0 Å². The lowest BCUT2D eigenvalue weighted by Gasteiger charge is -2.18. The van der Waals surface area contributed by atoms with E-state index in [2.05, 4.69) is 39.2 Å².